The van der Waals surface area contributed by atoms with Gasteiger partial charge < -0.3 is 14.5 Å². The van der Waals surface area contributed by atoms with Crippen molar-refractivity contribution < 1.29 is 22.7 Å². The van der Waals surface area contributed by atoms with E-state index in [1.165, 1.54) is 11.9 Å². The number of likely N-dealkylation sites (N-methyl/N-ethyl adjacent to an activating group) is 1. The van der Waals surface area contributed by atoms with Crippen molar-refractivity contribution in [2.24, 2.45) is 0 Å². The number of rotatable bonds is 5. The molecule has 1 amide bonds. The standard InChI is InChI=1S/C16H22N2O5S/c1-17(2)13-6-4-5-12(9-13)16(20)23-10-15(19)18(3)14-7-8-24(21,22)11-14/h4-6,9,14H,7-8,10-11H2,1-3H3. The van der Waals surface area contributed by atoms with Gasteiger partial charge >= 0.3 is 5.97 Å². The fourth-order valence-electron chi connectivity index (χ4n) is 2.51. The molecule has 7 nitrogen and oxygen atoms in total. The highest BCUT2D eigenvalue weighted by molar-refractivity contribution is 7.91. The number of amides is 1. The third-order valence-electron chi connectivity index (χ3n) is 4.07. The maximum atomic E-state index is 12.1. The summed E-state index contributed by atoms with van der Waals surface area (Å²) in [5.74, 6) is -0.936. The molecule has 8 heteroatoms. The van der Waals surface area contributed by atoms with Gasteiger partial charge in [-0.3, -0.25) is 4.79 Å². The lowest BCUT2D eigenvalue weighted by Crippen LogP contribution is -2.40. The number of carbonyl (C=O) groups excluding carboxylic acids is 2. The minimum Gasteiger partial charge on any atom is -0.452 e. The van der Waals surface area contributed by atoms with Crippen LogP contribution in [0.1, 0.15) is 16.8 Å². The number of esters is 1. The highest BCUT2D eigenvalue weighted by atomic mass is 32.2. The summed E-state index contributed by atoms with van der Waals surface area (Å²) in [6.07, 6.45) is 0.420. The number of anilines is 1. The molecule has 0 bridgehead atoms. The van der Waals surface area contributed by atoms with Gasteiger partial charge in [-0.05, 0) is 24.6 Å². The molecule has 1 fully saturated rings. The summed E-state index contributed by atoms with van der Waals surface area (Å²) in [5.41, 5.74) is 1.21. The normalized spacial score (nSPS) is 18.9. The van der Waals surface area contributed by atoms with E-state index in [0.717, 1.165) is 5.69 Å². The van der Waals surface area contributed by atoms with Crippen molar-refractivity contribution in [1.29, 1.82) is 0 Å². The zero-order valence-corrected chi connectivity index (χ0v) is 14.9. The predicted octanol–water partition coefficient (Wildman–Crippen LogP) is 0.555. The van der Waals surface area contributed by atoms with E-state index in [1.807, 2.05) is 25.1 Å². The predicted molar refractivity (Wildman–Crippen MR) is 90.9 cm³/mol. The lowest BCUT2D eigenvalue weighted by atomic mass is 10.2. The van der Waals surface area contributed by atoms with Crippen LogP contribution in [0.3, 0.4) is 0 Å². The number of ether oxygens (including phenoxy) is 1. The van der Waals surface area contributed by atoms with Crippen molar-refractivity contribution in [2.45, 2.75) is 12.5 Å². The molecule has 24 heavy (non-hydrogen) atoms. The molecule has 1 heterocycles. The Labute approximate surface area is 142 Å². The van der Waals surface area contributed by atoms with Crippen molar-refractivity contribution >= 4 is 27.4 Å². The van der Waals surface area contributed by atoms with E-state index in [0.29, 0.717) is 12.0 Å². The molecule has 132 valence electrons. The zero-order chi connectivity index (χ0) is 17.9. The Morgan fingerprint density at radius 3 is 2.54 bits per heavy atom. The number of hydrogen-bond acceptors (Lipinski definition) is 6. The third-order valence-corrected chi connectivity index (χ3v) is 5.82. The van der Waals surface area contributed by atoms with Crippen molar-refractivity contribution in [2.75, 3.05) is 44.2 Å². The third kappa shape index (κ3) is 4.47. The maximum Gasteiger partial charge on any atom is 0.338 e. The first-order valence-electron chi connectivity index (χ1n) is 7.60. The Morgan fingerprint density at radius 1 is 1.25 bits per heavy atom. The zero-order valence-electron chi connectivity index (χ0n) is 14.1. The second kappa shape index (κ2) is 7.21. The number of carbonyl (C=O) groups is 2. The molecular weight excluding hydrogens is 332 g/mol. The minimum absolute atomic E-state index is 0.0337. The molecule has 1 aromatic rings. The first kappa shape index (κ1) is 18.3. The fourth-order valence-corrected chi connectivity index (χ4v) is 4.28. The Morgan fingerprint density at radius 2 is 1.96 bits per heavy atom. The van der Waals surface area contributed by atoms with Gasteiger partial charge in [0, 0.05) is 32.9 Å². The fraction of sp³-hybridized carbons (Fsp3) is 0.500. The van der Waals surface area contributed by atoms with Crippen LogP contribution in [0.5, 0.6) is 0 Å². The van der Waals surface area contributed by atoms with Gasteiger partial charge in [-0.2, -0.15) is 0 Å². The average Bonchev–Trinajstić information content (AvgIpc) is 2.91. The molecular formula is C16H22N2O5S. The summed E-state index contributed by atoms with van der Waals surface area (Å²) in [5, 5.41) is 0. The largest absolute Gasteiger partial charge is 0.452 e. The van der Waals surface area contributed by atoms with Gasteiger partial charge in [0.2, 0.25) is 0 Å². The summed E-state index contributed by atoms with van der Waals surface area (Å²) in [6.45, 7) is -0.405. The highest BCUT2D eigenvalue weighted by Gasteiger charge is 2.32. The van der Waals surface area contributed by atoms with Crippen LogP contribution in [0.4, 0.5) is 5.69 Å². The molecule has 0 saturated carbocycles. The first-order chi connectivity index (χ1) is 11.2. The van der Waals surface area contributed by atoms with Crippen molar-refractivity contribution in [1.82, 2.24) is 4.90 Å². The number of nitrogens with zero attached hydrogens (tertiary/aromatic N) is 2. The maximum absolute atomic E-state index is 12.1. The van der Waals surface area contributed by atoms with Crippen LogP contribution >= 0.6 is 0 Å². The summed E-state index contributed by atoms with van der Waals surface area (Å²) >= 11 is 0. The lowest BCUT2D eigenvalue weighted by Gasteiger charge is -2.23. The van der Waals surface area contributed by atoms with Gasteiger partial charge in [-0.15, -0.1) is 0 Å². The van der Waals surface area contributed by atoms with E-state index in [-0.39, 0.29) is 17.5 Å². The van der Waals surface area contributed by atoms with Crippen LogP contribution < -0.4 is 4.90 Å². The van der Waals surface area contributed by atoms with E-state index in [2.05, 4.69) is 0 Å². The Balaban J connectivity index is 1.91. The van der Waals surface area contributed by atoms with Gasteiger partial charge in [-0.25, -0.2) is 13.2 Å². The molecule has 0 spiro atoms. The van der Waals surface area contributed by atoms with Crippen LogP contribution in [0.25, 0.3) is 0 Å². The smallest absolute Gasteiger partial charge is 0.338 e. The summed E-state index contributed by atoms with van der Waals surface area (Å²) in [4.78, 5) is 27.4. The summed E-state index contributed by atoms with van der Waals surface area (Å²) in [7, 11) is 2.19. The van der Waals surface area contributed by atoms with E-state index >= 15 is 0 Å². The van der Waals surface area contributed by atoms with E-state index in [9.17, 15) is 18.0 Å². The van der Waals surface area contributed by atoms with Gasteiger partial charge in [0.05, 0.1) is 17.1 Å². The molecule has 1 aliphatic rings. The molecule has 0 radical (unpaired) electrons. The minimum atomic E-state index is -3.07. The molecule has 2 rings (SSSR count). The van der Waals surface area contributed by atoms with Crippen LogP contribution in [-0.4, -0.2) is 70.5 Å². The quantitative estimate of drug-likeness (QED) is 0.718. The van der Waals surface area contributed by atoms with Crippen LogP contribution in [0.2, 0.25) is 0 Å². The number of benzene rings is 1. The van der Waals surface area contributed by atoms with Gasteiger partial charge in [0.25, 0.3) is 5.91 Å². The van der Waals surface area contributed by atoms with Crippen LogP contribution in [0, 0.1) is 0 Å². The van der Waals surface area contributed by atoms with E-state index in [4.69, 9.17) is 4.74 Å². The molecule has 1 saturated heterocycles. The van der Waals surface area contributed by atoms with E-state index in [1.54, 1.807) is 18.2 Å². The van der Waals surface area contributed by atoms with E-state index < -0.39 is 28.3 Å². The Bertz CT molecular complexity index is 730. The SMILES string of the molecule is CN(C)c1cccc(C(=O)OCC(=O)N(C)C2CCS(=O)(=O)C2)c1. The topological polar surface area (TPSA) is 84.0 Å². The van der Waals surface area contributed by atoms with Crippen LogP contribution in [0.15, 0.2) is 24.3 Å². The number of hydrogen-bond donors (Lipinski definition) is 0. The monoisotopic (exact) mass is 354 g/mol. The Hall–Kier alpha value is -2.09. The van der Waals surface area contributed by atoms with Crippen molar-refractivity contribution in [3.05, 3.63) is 29.8 Å². The first-order valence-corrected chi connectivity index (χ1v) is 9.42. The highest BCUT2D eigenvalue weighted by Crippen LogP contribution is 2.17. The average molecular weight is 354 g/mol. The molecule has 0 N–H and O–H groups in total. The van der Waals surface area contributed by atoms with Crippen molar-refractivity contribution in [3.63, 3.8) is 0 Å². The summed E-state index contributed by atoms with van der Waals surface area (Å²) < 4.78 is 28.0. The van der Waals surface area contributed by atoms with Gasteiger partial charge in [-0.1, -0.05) is 6.07 Å². The lowest BCUT2D eigenvalue weighted by molar-refractivity contribution is -0.134. The molecule has 1 unspecified atom stereocenters. The molecule has 1 aliphatic heterocycles. The second-order valence-corrected chi connectivity index (χ2v) is 8.31. The van der Waals surface area contributed by atoms with Crippen molar-refractivity contribution in [3.8, 4) is 0 Å². The van der Waals surface area contributed by atoms with Gasteiger partial charge in [0.15, 0.2) is 16.4 Å². The molecule has 0 aromatic heterocycles. The van der Waals surface area contributed by atoms with Gasteiger partial charge in [0.1, 0.15) is 0 Å². The molecule has 1 aromatic carbocycles. The Kier molecular flexibility index (Phi) is 5.48. The molecule has 0 aliphatic carbocycles. The van der Waals surface area contributed by atoms with Crippen LogP contribution in [-0.2, 0) is 19.4 Å². The number of sulfone groups is 1. The second-order valence-electron chi connectivity index (χ2n) is 6.08. The molecule has 1 atom stereocenters. The summed E-state index contributed by atoms with van der Waals surface area (Å²) in [6, 6.07) is 6.55.